The Morgan fingerprint density at radius 3 is 2.32 bits per heavy atom. The number of aryl methyl sites for hydroxylation is 1. The molecular weight excluding hydrogens is 593 g/mol. The van der Waals surface area contributed by atoms with Gasteiger partial charge in [-0.3, -0.25) is 4.21 Å². The number of aliphatic carboxylic acids is 1. The molecule has 2 aromatic rings. The fourth-order valence-electron chi connectivity index (χ4n) is 4.64. The number of carbonyl (C=O) groups is 2. The Hall–Kier alpha value is -3.37. The van der Waals surface area contributed by atoms with Crippen LogP contribution in [0.5, 0.6) is 0 Å². The van der Waals surface area contributed by atoms with Crippen LogP contribution in [0.1, 0.15) is 12.1 Å². The van der Waals surface area contributed by atoms with Crippen molar-refractivity contribution in [1.82, 2.24) is 9.97 Å². The first-order chi connectivity index (χ1) is 19.4. The second-order valence-electron chi connectivity index (χ2n) is 9.35. The molecule has 12 nitrogen and oxygen atoms in total. The fraction of sp³-hybridized carbons (Fsp3) is 0.500. The van der Waals surface area contributed by atoms with Crippen LogP contribution in [0.25, 0.3) is 0 Å². The molecule has 0 aliphatic carbocycles. The fourth-order valence-corrected chi connectivity index (χ4v) is 6.13. The molecule has 1 aromatic carbocycles. The lowest BCUT2D eigenvalue weighted by atomic mass is 10.2. The minimum absolute atomic E-state index is 0.207. The van der Waals surface area contributed by atoms with Crippen LogP contribution >= 0.6 is 11.6 Å². The predicted molar refractivity (Wildman–Crippen MR) is 144 cm³/mol. The number of aromatic nitrogens is 2. The molecule has 1 aromatic heterocycles. The van der Waals surface area contributed by atoms with Gasteiger partial charge in [0, 0.05) is 68.1 Å². The summed E-state index contributed by atoms with van der Waals surface area (Å²) in [4.78, 5) is 37.2. The number of carboxylic acids is 1. The van der Waals surface area contributed by atoms with E-state index in [4.69, 9.17) is 41.9 Å². The van der Waals surface area contributed by atoms with E-state index in [-0.39, 0.29) is 6.04 Å². The van der Waals surface area contributed by atoms with Crippen molar-refractivity contribution in [3.63, 3.8) is 0 Å². The van der Waals surface area contributed by atoms with E-state index in [0.29, 0.717) is 41.8 Å². The summed E-state index contributed by atoms with van der Waals surface area (Å²) in [6, 6.07) is 7.63. The number of nitrogens with two attached hydrogens (primary N) is 1. The summed E-state index contributed by atoms with van der Waals surface area (Å²) >= 11 is 6.02. The summed E-state index contributed by atoms with van der Waals surface area (Å²) in [7, 11) is 0.0561. The Kier molecular flexibility index (Phi) is 9.44. The van der Waals surface area contributed by atoms with Gasteiger partial charge in [0.15, 0.2) is 12.0 Å². The minimum Gasteiger partial charge on any atom is -0.475 e. The highest BCUT2D eigenvalue weighted by molar-refractivity contribution is 7.85. The number of benzene rings is 1. The molecule has 0 radical (unpaired) electrons. The quantitative estimate of drug-likeness (QED) is 0.483. The third-order valence-corrected chi connectivity index (χ3v) is 8.31. The van der Waals surface area contributed by atoms with E-state index in [1.54, 1.807) is 0 Å². The zero-order valence-electron chi connectivity index (χ0n) is 21.8. The van der Waals surface area contributed by atoms with E-state index in [1.165, 1.54) is 7.11 Å². The normalized spacial score (nSPS) is 22.1. The Bertz CT molecular complexity index is 1300. The number of rotatable bonds is 4. The van der Waals surface area contributed by atoms with Crippen LogP contribution in [0.3, 0.4) is 0 Å². The molecule has 0 spiro atoms. The van der Waals surface area contributed by atoms with Crippen molar-refractivity contribution in [1.29, 1.82) is 0 Å². The maximum atomic E-state index is 12.8. The van der Waals surface area contributed by atoms with Crippen LogP contribution in [0.15, 0.2) is 29.2 Å². The summed E-state index contributed by atoms with van der Waals surface area (Å²) in [6.07, 6.45) is -5.43. The van der Waals surface area contributed by atoms with E-state index >= 15 is 0 Å². The molecule has 5 rings (SSSR count). The Labute approximate surface area is 240 Å². The van der Waals surface area contributed by atoms with Gasteiger partial charge in [-0.15, -0.1) is 0 Å². The lowest BCUT2D eigenvalue weighted by Crippen LogP contribution is -2.47. The van der Waals surface area contributed by atoms with Gasteiger partial charge in [-0.2, -0.15) is 18.2 Å². The van der Waals surface area contributed by atoms with Gasteiger partial charge in [-0.25, -0.2) is 14.6 Å². The lowest BCUT2D eigenvalue weighted by Gasteiger charge is -2.36. The number of hydrogen-bond donors (Lipinski definition) is 2. The van der Waals surface area contributed by atoms with Gasteiger partial charge in [-0.1, -0.05) is 11.6 Å². The molecule has 3 aliphatic heterocycles. The van der Waals surface area contributed by atoms with Crippen molar-refractivity contribution in [2.45, 2.75) is 36.2 Å². The molecule has 3 N–H and O–H groups in total. The van der Waals surface area contributed by atoms with E-state index in [9.17, 15) is 22.2 Å². The van der Waals surface area contributed by atoms with Crippen molar-refractivity contribution in [2.75, 3.05) is 60.3 Å². The molecule has 4 heterocycles. The third-order valence-electron chi connectivity index (χ3n) is 6.61. The number of ether oxygens (including phenoxy) is 2. The molecule has 0 bridgehead atoms. The first-order valence-electron chi connectivity index (χ1n) is 12.5. The number of fused-ring (bicyclic) bond motifs is 1. The highest BCUT2D eigenvalue weighted by Crippen LogP contribution is 2.36. The highest BCUT2D eigenvalue weighted by atomic mass is 35.5. The number of hydrogen-bond acceptors (Lipinski definition) is 11. The molecule has 17 heteroatoms. The number of piperazine rings is 1. The molecule has 41 heavy (non-hydrogen) atoms. The predicted octanol–water partition coefficient (Wildman–Crippen LogP) is 2.40. The number of carboxylic acid groups (broad SMARTS) is 1. The van der Waals surface area contributed by atoms with Crippen molar-refractivity contribution < 1.29 is 41.5 Å². The Morgan fingerprint density at radius 2 is 1.73 bits per heavy atom. The summed E-state index contributed by atoms with van der Waals surface area (Å²) in [5, 5.41) is 7.84. The van der Waals surface area contributed by atoms with Crippen molar-refractivity contribution >= 4 is 52.0 Å². The number of methoxy groups -OCH3 is 1. The van der Waals surface area contributed by atoms with E-state index in [2.05, 4.69) is 14.5 Å². The molecule has 3 atom stereocenters. The number of carbonyl (C=O) groups excluding carboxylic acids is 1. The second-order valence-corrected chi connectivity index (χ2v) is 11.3. The third kappa shape index (κ3) is 7.29. The van der Waals surface area contributed by atoms with Gasteiger partial charge in [0.2, 0.25) is 5.95 Å². The lowest BCUT2D eigenvalue weighted by molar-refractivity contribution is -0.192. The van der Waals surface area contributed by atoms with Gasteiger partial charge in [0.1, 0.15) is 4.90 Å². The smallest absolute Gasteiger partial charge is 0.475 e. The summed E-state index contributed by atoms with van der Waals surface area (Å²) in [5.74, 6) is -1.11. The first kappa shape index (κ1) is 30.6. The minimum atomic E-state index is -5.08. The number of anilines is 3. The van der Waals surface area contributed by atoms with Gasteiger partial charge < -0.3 is 35.0 Å². The van der Waals surface area contributed by atoms with Crippen molar-refractivity contribution in [3.8, 4) is 0 Å². The second kappa shape index (κ2) is 12.7. The highest BCUT2D eigenvalue weighted by Gasteiger charge is 2.40. The van der Waals surface area contributed by atoms with Crippen molar-refractivity contribution in [3.05, 3.63) is 35.0 Å². The summed E-state index contributed by atoms with van der Waals surface area (Å²) in [6.45, 7) is 3.54. The number of alkyl halides is 3. The van der Waals surface area contributed by atoms with Crippen LogP contribution in [0.2, 0.25) is 5.02 Å². The monoisotopic (exact) mass is 620 g/mol. The van der Waals surface area contributed by atoms with Gasteiger partial charge in [-0.05, 0) is 24.3 Å². The van der Waals surface area contributed by atoms with Crippen LogP contribution in [-0.4, -0.2) is 95.4 Å². The van der Waals surface area contributed by atoms with E-state index < -0.39 is 35.3 Å². The zero-order chi connectivity index (χ0) is 29.9. The number of halogens is 4. The van der Waals surface area contributed by atoms with Crippen LogP contribution in [0.4, 0.5) is 35.4 Å². The maximum Gasteiger partial charge on any atom is 0.509 e. The number of nitrogens with zero attached hydrogens (tertiary/aromatic N) is 5. The van der Waals surface area contributed by atoms with Crippen LogP contribution in [-0.2, 0) is 31.5 Å². The standard InChI is InChI=1S/C22H27ClN6O4S.C2HF3O2/c1-32-22(30)33-18-12-15(24)13-29(18)20-19-17(6-11-34(19)31)25-21(26-20)28-9-7-27(8-10-28)16-4-2-14(23)3-5-16;3-2(4,5)1(6)7/h2-5,15,18H,6-13,24H2,1H3;(H,6,7)/t15-,18+,34?;/m1./s1. The molecule has 2 fully saturated rings. The van der Waals surface area contributed by atoms with Gasteiger partial charge in [0.25, 0.3) is 0 Å². The molecule has 1 unspecified atom stereocenters. The first-order valence-corrected chi connectivity index (χ1v) is 14.2. The molecule has 224 valence electrons. The SMILES string of the molecule is COC(=O)O[C@H]1C[C@@H](N)CN1c1nc(N2CCN(c3ccc(Cl)cc3)CC2)nc2c1S(=O)CC2.O=C(O)C(F)(F)F. The van der Waals surface area contributed by atoms with Gasteiger partial charge >= 0.3 is 18.3 Å². The molecule has 3 aliphatic rings. The van der Waals surface area contributed by atoms with Crippen molar-refractivity contribution in [2.24, 2.45) is 5.73 Å². The van der Waals surface area contributed by atoms with Gasteiger partial charge in [0.05, 0.1) is 23.6 Å². The molecule has 0 amide bonds. The molecule has 0 saturated carbocycles. The Morgan fingerprint density at radius 1 is 1.12 bits per heavy atom. The average molecular weight is 621 g/mol. The van der Waals surface area contributed by atoms with E-state index in [0.717, 1.165) is 42.6 Å². The molecular formula is C24H28ClF3N6O6S. The zero-order valence-corrected chi connectivity index (χ0v) is 23.4. The Balaban J connectivity index is 0.000000493. The maximum absolute atomic E-state index is 12.8. The summed E-state index contributed by atoms with van der Waals surface area (Å²) < 4.78 is 54.7. The summed E-state index contributed by atoms with van der Waals surface area (Å²) in [5.41, 5.74) is 8.11. The topological polar surface area (TPSA) is 151 Å². The largest absolute Gasteiger partial charge is 0.509 e. The van der Waals surface area contributed by atoms with Crippen LogP contribution in [0, 0.1) is 0 Å². The average Bonchev–Trinajstić information content (AvgIpc) is 3.50. The van der Waals surface area contributed by atoms with E-state index in [1.807, 2.05) is 29.2 Å². The van der Waals surface area contributed by atoms with Crippen LogP contribution < -0.4 is 20.4 Å². The molecule has 2 saturated heterocycles.